The molecule has 1 unspecified atom stereocenters. The number of halogens is 3. The van der Waals surface area contributed by atoms with E-state index in [4.69, 9.17) is 39.9 Å². The van der Waals surface area contributed by atoms with Crippen LogP contribution in [0, 0.1) is 0 Å². The third-order valence-electron chi connectivity index (χ3n) is 6.33. The van der Waals surface area contributed by atoms with Crippen LogP contribution in [0.4, 0.5) is 5.69 Å². The molecule has 7 heteroatoms. The van der Waals surface area contributed by atoms with Crippen LogP contribution in [-0.4, -0.2) is 28.6 Å². The number of carbonyl (C=O) groups excluding carboxylic acids is 1. The van der Waals surface area contributed by atoms with Crippen LogP contribution in [-0.2, 0) is 4.79 Å². The van der Waals surface area contributed by atoms with E-state index in [-0.39, 0.29) is 24.0 Å². The molecular weight excluding hydrogens is 465 g/mol. The van der Waals surface area contributed by atoms with Crippen LogP contribution in [0.2, 0.25) is 15.1 Å². The first-order valence-electron chi connectivity index (χ1n) is 11.2. The maximum atomic E-state index is 13.7. The molecule has 1 fully saturated rings. The van der Waals surface area contributed by atoms with E-state index in [0.717, 1.165) is 24.1 Å². The number of hydrogen-bond donors (Lipinski definition) is 0. The van der Waals surface area contributed by atoms with E-state index in [1.165, 1.54) is 19.3 Å². The lowest BCUT2D eigenvalue weighted by atomic mass is 9.92. The van der Waals surface area contributed by atoms with Crippen molar-refractivity contribution in [3.63, 3.8) is 0 Å². The molecule has 2 aromatic carbocycles. The van der Waals surface area contributed by atoms with Crippen molar-refractivity contribution < 1.29 is 4.79 Å². The number of nitrogens with zero attached hydrogens (tertiary/aromatic N) is 3. The first-order chi connectivity index (χ1) is 15.3. The van der Waals surface area contributed by atoms with Crippen LogP contribution in [0.3, 0.4) is 0 Å². The smallest absolute Gasteiger partial charge is 0.270 e. The van der Waals surface area contributed by atoms with Gasteiger partial charge in [0.05, 0.1) is 16.8 Å². The minimum absolute atomic E-state index is 0.0263. The average molecular weight is 493 g/mol. The number of hydrogen-bond acceptors (Lipinski definition) is 3. The highest BCUT2D eigenvalue weighted by Gasteiger charge is 2.37. The Hall–Kier alpha value is -1.75. The molecular formula is C25H28Cl3N3O. The minimum atomic E-state index is -0.148. The zero-order valence-electron chi connectivity index (χ0n) is 18.4. The van der Waals surface area contributed by atoms with Crippen LogP contribution < -0.4 is 5.01 Å². The highest BCUT2D eigenvalue weighted by Crippen LogP contribution is 2.40. The van der Waals surface area contributed by atoms with Gasteiger partial charge in [-0.25, -0.2) is 0 Å². The van der Waals surface area contributed by atoms with E-state index in [1.54, 1.807) is 12.1 Å². The van der Waals surface area contributed by atoms with Crippen LogP contribution in [0.5, 0.6) is 0 Å². The summed E-state index contributed by atoms with van der Waals surface area (Å²) in [7, 11) is 0. The summed E-state index contributed by atoms with van der Waals surface area (Å²) in [6.45, 7) is 4.18. The summed E-state index contributed by atoms with van der Waals surface area (Å²) in [6.07, 6.45) is 6.23. The third-order valence-corrected chi connectivity index (χ3v) is 7.12. The molecule has 1 aliphatic heterocycles. The Morgan fingerprint density at radius 3 is 2.28 bits per heavy atom. The zero-order chi connectivity index (χ0) is 22.8. The fraction of sp³-hybridized carbons (Fsp3) is 0.440. The molecule has 1 amide bonds. The van der Waals surface area contributed by atoms with Gasteiger partial charge in [0, 0.05) is 28.5 Å². The number of carbonyl (C=O) groups is 1. The molecule has 2 aromatic rings. The summed E-state index contributed by atoms with van der Waals surface area (Å²) in [4.78, 5) is 15.8. The number of amides is 1. The quantitative estimate of drug-likeness (QED) is 0.432. The number of hydrazone groups is 1. The van der Waals surface area contributed by atoms with E-state index in [1.807, 2.05) is 40.2 Å². The van der Waals surface area contributed by atoms with Crippen molar-refractivity contribution in [2.45, 2.75) is 70.5 Å². The Kier molecular flexibility index (Phi) is 7.34. The highest BCUT2D eigenvalue weighted by atomic mass is 35.5. The molecule has 32 heavy (non-hydrogen) atoms. The molecule has 170 valence electrons. The molecule has 1 saturated carbocycles. The van der Waals surface area contributed by atoms with Crippen molar-refractivity contribution in [1.29, 1.82) is 0 Å². The van der Waals surface area contributed by atoms with Gasteiger partial charge in [0.15, 0.2) is 0 Å². The monoisotopic (exact) mass is 491 g/mol. The van der Waals surface area contributed by atoms with Crippen molar-refractivity contribution in [3.8, 4) is 0 Å². The molecule has 0 spiro atoms. The van der Waals surface area contributed by atoms with Crippen molar-refractivity contribution in [3.05, 3.63) is 63.1 Å². The van der Waals surface area contributed by atoms with Gasteiger partial charge < -0.3 is 4.90 Å². The molecule has 0 radical (unpaired) electrons. The summed E-state index contributed by atoms with van der Waals surface area (Å²) in [5.41, 5.74) is 2.32. The summed E-state index contributed by atoms with van der Waals surface area (Å²) >= 11 is 18.8. The maximum absolute atomic E-state index is 13.7. The van der Waals surface area contributed by atoms with Crippen molar-refractivity contribution in [2.24, 2.45) is 5.10 Å². The molecule has 2 aliphatic rings. The number of benzene rings is 2. The van der Waals surface area contributed by atoms with Gasteiger partial charge in [0.1, 0.15) is 5.71 Å². The predicted molar refractivity (Wildman–Crippen MR) is 134 cm³/mol. The first-order valence-corrected chi connectivity index (χ1v) is 12.4. The van der Waals surface area contributed by atoms with Gasteiger partial charge in [-0.05, 0) is 62.6 Å². The Balaban J connectivity index is 1.70. The van der Waals surface area contributed by atoms with E-state index >= 15 is 0 Å². The third kappa shape index (κ3) is 4.93. The molecule has 0 aromatic heterocycles. The molecule has 0 bridgehead atoms. The lowest BCUT2D eigenvalue weighted by Crippen LogP contribution is -2.48. The molecule has 0 N–H and O–H groups in total. The van der Waals surface area contributed by atoms with Gasteiger partial charge in [-0.2, -0.15) is 5.10 Å². The van der Waals surface area contributed by atoms with Gasteiger partial charge in [0.25, 0.3) is 5.91 Å². The number of anilines is 1. The lowest BCUT2D eigenvalue weighted by Gasteiger charge is -2.37. The normalized spacial score (nSPS) is 19.4. The largest absolute Gasteiger partial charge is 0.332 e. The average Bonchev–Trinajstić information content (AvgIpc) is 3.20. The highest BCUT2D eigenvalue weighted by molar-refractivity contribution is 6.40. The Morgan fingerprint density at radius 2 is 1.66 bits per heavy atom. The Labute approximate surface area is 205 Å². The fourth-order valence-corrected chi connectivity index (χ4v) is 5.42. The van der Waals surface area contributed by atoms with Gasteiger partial charge in [-0.15, -0.1) is 0 Å². The second kappa shape index (κ2) is 10.0. The first kappa shape index (κ1) is 23.4. The lowest BCUT2D eigenvalue weighted by molar-refractivity contribution is -0.129. The molecule has 1 atom stereocenters. The van der Waals surface area contributed by atoms with Gasteiger partial charge in [0.2, 0.25) is 0 Å². The molecule has 4 nitrogen and oxygen atoms in total. The molecule has 4 rings (SSSR count). The van der Waals surface area contributed by atoms with Crippen molar-refractivity contribution in [1.82, 2.24) is 4.90 Å². The molecule has 1 heterocycles. The SMILES string of the molecule is CC(C)N(C(=O)C1=NN(c2ccc(Cl)cc2Cl)C(c2ccc(Cl)cc2)C1)C1CCCCC1. The van der Waals surface area contributed by atoms with E-state index < -0.39 is 0 Å². The standard InChI is InChI=1S/C25H28Cl3N3O/c1-16(2)30(20-6-4-3-5-7-20)25(32)22-15-24(17-8-10-18(26)11-9-17)31(29-22)23-13-12-19(27)14-21(23)28/h8-14,16,20,24H,3-7,15H2,1-2H3. The zero-order valence-corrected chi connectivity index (χ0v) is 20.7. The Morgan fingerprint density at radius 1 is 1.00 bits per heavy atom. The second-order valence-electron chi connectivity index (χ2n) is 8.86. The van der Waals surface area contributed by atoms with Crippen LogP contribution in [0.15, 0.2) is 47.6 Å². The number of rotatable bonds is 5. The minimum Gasteiger partial charge on any atom is -0.332 e. The van der Waals surface area contributed by atoms with Crippen molar-refractivity contribution in [2.75, 3.05) is 5.01 Å². The summed E-state index contributed by atoms with van der Waals surface area (Å²) in [5.74, 6) is 0.0263. The van der Waals surface area contributed by atoms with E-state index in [2.05, 4.69) is 13.8 Å². The van der Waals surface area contributed by atoms with E-state index in [9.17, 15) is 4.79 Å². The van der Waals surface area contributed by atoms with Crippen LogP contribution in [0.25, 0.3) is 0 Å². The summed E-state index contributed by atoms with van der Waals surface area (Å²) in [6, 6.07) is 13.3. The molecule has 1 aliphatic carbocycles. The van der Waals surface area contributed by atoms with Crippen LogP contribution >= 0.6 is 34.8 Å². The second-order valence-corrected chi connectivity index (χ2v) is 10.1. The maximum Gasteiger partial charge on any atom is 0.270 e. The Bertz CT molecular complexity index is 1000. The van der Waals surface area contributed by atoms with Crippen molar-refractivity contribution >= 4 is 52.1 Å². The topological polar surface area (TPSA) is 35.9 Å². The van der Waals surface area contributed by atoms with Gasteiger partial charge in [-0.3, -0.25) is 9.80 Å². The predicted octanol–water partition coefficient (Wildman–Crippen LogP) is 7.52. The van der Waals surface area contributed by atoms with Gasteiger partial charge >= 0.3 is 0 Å². The van der Waals surface area contributed by atoms with E-state index in [0.29, 0.717) is 27.2 Å². The van der Waals surface area contributed by atoms with Gasteiger partial charge in [-0.1, -0.05) is 66.2 Å². The molecule has 0 saturated heterocycles. The summed E-state index contributed by atoms with van der Waals surface area (Å²) in [5, 5.41) is 8.41. The fourth-order valence-electron chi connectivity index (χ4n) is 4.80. The van der Waals surface area contributed by atoms with Crippen LogP contribution in [0.1, 0.15) is 64.0 Å². The summed E-state index contributed by atoms with van der Waals surface area (Å²) < 4.78 is 0.